The minimum Gasteiger partial charge on any atom is -0.267 e. The van der Waals surface area contributed by atoms with E-state index in [-0.39, 0.29) is 11.3 Å². The van der Waals surface area contributed by atoms with Crippen molar-refractivity contribution < 1.29 is 9.72 Å². The second kappa shape index (κ2) is 10.2. The lowest BCUT2D eigenvalue weighted by Crippen LogP contribution is -2.20. The molecule has 0 aliphatic carbocycles. The number of tetrazole rings is 1. The summed E-state index contributed by atoms with van der Waals surface area (Å²) >= 11 is 7.23. The number of non-ortho nitro benzene ring substituents is 1. The summed E-state index contributed by atoms with van der Waals surface area (Å²) in [6, 6.07) is 18.5. The van der Waals surface area contributed by atoms with Gasteiger partial charge in [-0.2, -0.15) is 5.10 Å². The fourth-order valence-electron chi connectivity index (χ4n) is 2.94. The lowest BCUT2D eigenvalue weighted by molar-refractivity contribution is -0.384. The van der Waals surface area contributed by atoms with Gasteiger partial charge in [0.2, 0.25) is 0 Å². The number of halogens is 1. The van der Waals surface area contributed by atoms with E-state index < -0.39 is 10.8 Å². The third-order valence-electron chi connectivity index (χ3n) is 4.66. The molecule has 0 aliphatic heterocycles. The molecule has 10 nitrogen and oxygen atoms in total. The van der Waals surface area contributed by atoms with Gasteiger partial charge in [-0.1, -0.05) is 35.5 Å². The Morgan fingerprint density at radius 1 is 1.15 bits per heavy atom. The molecule has 0 saturated carbocycles. The van der Waals surface area contributed by atoms with Gasteiger partial charge in [-0.05, 0) is 65.4 Å². The number of rotatable bonds is 7. The fourth-order valence-corrected chi connectivity index (χ4v) is 3.99. The van der Waals surface area contributed by atoms with Crippen molar-refractivity contribution in [2.24, 2.45) is 5.10 Å². The highest BCUT2D eigenvalue weighted by Gasteiger charge is 2.18. The fraction of sp³-hybridized carbons (Fsp3) is 0.0455. The molecule has 1 N–H and O–H groups in total. The molecule has 0 fully saturated rings. The molecule has 34 heavy (non-hydrogen) atoms. The van der Waals surface area contributed by atoms with Crippen molar-refractivity contribution in [3.8, 4) is 5.69 Å². The molecule has 0 atom stereocenters. The maximum Gasteiger partial charge on any atom is 0.272 e. The molecule has 0 bridgehead atoms. The summed E-state index contributed by atoms with van der Waals surface area (Å²) in [4.78, 5) is 25.1. The van der Waals surface area contributed by atoms with Crippen LogP contribution in [-0.2, 0) is 0 Å². The van der Waals surface area contributed by atoms with E-state index in [0.29, 0.717) is 15.6 Å². The number of hydrazone groups is 1. The Hall–Kier alpha value is -4.09. The molecule has 0 radical (unpaired) electrons. The van der Waals surface area contributed by atoms with Crippen molar-refractivity contribution in [3.05, 3.63) is 99.3 Å². The predicted octanol–water partition coefficient (Wildman–Crippen LogP) is 4.53. The topological polar surface area (TPSA) is 128 Å². The van der Waals surface area contributed by atoms with Crippen LogP contribution in [0.2, 0.25) is 5.02 Å². The van der Waals surface area contributed by atoms with Crippen LogP contribution in [0.5, 0.6) is 0 Å². The van der Waals surface area contributed by atoms with E-state index in [4.69, 9.17) is 11.6 Å². The average molecular weight is 494 g/mol. The number of carbonyl (C=O) groups excluding carboxylic acids is 1. The summed E-state index contributed by atoms with van der Waals surface area (Å²) in [6.45, 7) is 1.73. The van der Waals surface area contributed by atoms with Crippen LogP contribution in [0.3, 0.4) is 0 Å². The van der Waals surface area contributed by atoms with E-state index in [9.17, 15) is 14.9 Å². The standard InChI is InChI=1S/C22H16ClN7O3S/c1-14(15-3-2-4-17(11-15)29-13-24-27-28-29)25-26-22(31)20-12-18(30(32)33)7-10-21(20)34-19-8-5-16(23)6-9-19/h2-13H,1H3,(H,26,31). The number of nitrogens with one attached hydrogen (secondary N) is 1. The van der Waals surface area contributed by atoms with Crippen LogP contribution in [0.4, 0.5) is 5.69 Å². The molecular formula is C22H16ClN7O3S. The van der Waals surface area contributed by atoms with Gasteiger partial charge in [-0.3, -0.25) is 14.9 Å². The Bertz CT molecular complexity index is 1380. The zero-order valence-corrected chi connectivity index (χ0v) is 19.2. The second-order valence-electron chi connectivity index (χ2n) is 6.94. The number of nitro benzene ring substituents is 1. The molecule has 4 aromatic rings. The van der Waals surface area contributed by atoms with Crippen LogP contribution in [-0.4, -0.2) is 36.7 Å². The van der Waals surface area contributed by atoms with Gasteiger partial charge in [-0.25, -0.2) is 10.1 Å². The average Bonchev–Trinajstić information content (AvgIpc) is 3.39. The van der Waals surface area contributed by atoms with Gasteiger partial charge in [0.05, 0.1) is 21.9 Å². The lowest BCUT2D eigenvalue weighted by atomic mass is 10.1. The molecule has 1 heterocycles. The smallest absolute Gasteiger partial charge is 0.267 e. The minimum absolute atomic E-state index is 0.133. The van der Waals surface area contributed by atoms with E-state index in [1.54, 1.807) is 37.3 Å². The minimum atomic E-state index is -0.573. The molecule has 0 aliphatic rings. The van der Waals surface area contributed by atoms with Crippen molar-refractivity contribution in [2.45, 2.75) is 16.7 Å². The first-order chi connectivity index (χ1) is 16.4. The number of nitro groups is 1. The maximum absolute atomic E-state index is 13.0. The Labute approximate surface area is 202 Å². The van der Waals surface area contributed by atoms with Crippen molar-refractivity contribution in [2.75, 3.05) is 0 Å². The van der Waals surface area contributed by atoms with Gasteiger partial charge in [0.1, 0.15) is 6.33 Å². The molecule has 0 spiro atoms. The third kappa shape index (κ3) is 5.45. The van der Waals surface area contributed by atoms with E-state index >= 15 is 0 Å². The van der Waals surface area contributed by atoms with Gasteiger partial charge in [0.15, 0.2) is 0 Å². The van der Waals surface area contributed by atoms with Gasteiger partial charge in [-0.15, -0.1) is 5.10 Å². The second-order valence-corrected chi connectivity index (χ2v) is 8.49. The van der Waals surface area contributed by atoms with Gasteiger partial charge in [0, 0.05) is 26.9 Å². The first-order valence-electron chi connectivity index (χ1n) is 9.81. The quantitative estimate of drug-likeness (QED) is 0.227. The number of carbonyl (C=O) groups is 1. The van der Waals surface area contributed by atoms with E-state index in [1.807, 2.05) is 24.3 Å². The molecular weight excluding hydrogens is 478 g/mol. The number of aromatic nitrogens is 4. The summed E-state index contributed by atoms with van der Waals surface area (Å²) in [7, 11) is 0. The van der Waals surface area contributed by atoms with Crippen molar-refractivity contribution in [3.63, 3.8) is 0 Å². The molecule has 170 valence electrons. The zero-order valence-electron chi connectivity index (χ0n) is 17.6. The number of benzene rings is 3. The highest BCUT2D eigenvalue weighted by atomic mass is 35.5. The van der Waals surface area contributed by atoms with Crippen molar-refractivity contribution in [1.29, 1.82) is 0 Å². The molecule has 12 heteroatoms. The number of amides is 1. The van der Waals surface area contributed by atoms with Crippen LogP contribution in [0.1, 0.15) is 22.8 Å². The summed E-state index contributed by atoms with van der Waals surface area (Å²) in [5.74, 6) is -0.573. The van der Waals surface area contributed by atoms with Gasteiger partial charge in [0.25, 0.3) is 11.6 Å². The summed E-state index contributed by atoms with van der Waals surface area (Å²) in [5.41, 5.74) is 4.43. The van der Waals surface area contributed by atoms with E-state index in [2.05, 4.69) is 26.1 Å². The van der Waals surface area contributed by atoms with Crippen molar-refractivity contribution >= 4 is 40.7 Å². The molecule has 1 aromatic heterocycles. The van der Waals surface area contributed by atoms with E-state index in [1.165, 1.54) is 34.9 Å². The Morgan fingerprint density at radius 2 is 1.94 bits per heavy atom. The number of nitrogens with zero attached hydrogens (tertiary/aromatic N) is 6. The normalized spacial score (nSPS) is 11.3. The molecule has 0 unspecified atom stereocenters. The summed E-state index contributed by atoms with van der Waals surface area (Å²) < 4.78 is 1.50. The SMILES string of the molecule is CC(=NNC(=O)c1cc([N+](=O)[O-])ccc1Sc1ccc(Cl)cc1)c1cccc(-n2cnnn2)c1. The maximum atomic E-state index is 13.0. The highest BCUT2D eigenvalue weighted by Crippen LogP contribution is 2.33. The number of hydrogen-bond acceptors (Lipinski definition) is 8. The van der Waals surface area contributed by atoms with E-state index in [0.717, 1.165) is 16.1 Å². The van der Waals surface area contributed by atoms with Gasteiger partial charge < -0.3 is 0 Å². The molecule has 0 saturated heterocycles. The lowest BCUT2D eigenvalue weighted by Gasteiger charge is -2.09. The van der Waals surface area contributed by atoms with Crippen molar-refractivity contribution in [1.82, 2.24) is 25.6 Å². The first kappa shape index (κ1) is 23.1. The van der Waals surface area contributed by atoms with Crippen LogP contribution < -0.4 is 5.43 Å². The molecule has 4 rings (SSSR count). The predicted molar refractivity (Wildman–Crippen MR) is 128 cm³/mol. The largest absolute Gasteiger partial charge is 0.272 e. The third-order valence-corrected chi connectivity index (χ3v) is 6.00. The Kier molecular flexibility index (Phi) is 6.95. The number of hydrogen-bond donors (Lipinski definition) is 1. The van der Waals surface area contributed by atoms with Crippen LogP contribution >= 0.6 is 23.4 Å². The monoisotopic (exact) mass is 493 g/mol. The van der Waals surface area contributed by atoms with Crippen LogP contribution in [0.25, 0.3) is 5.69 Å². The highest BCUT2D eigenvalue weighted by molar-refractivity contribution is 7.99. The Balaban J connectivity index is 1.58. The van der Waals surface area contributed by atoms with Crippen LogP contribution in [0.15, 0.2) is 87.9 Å². The van der Waals surface area contributed by atoms with Gasteiger partial charge >= 0.3 is 0 Å². The van der Waals surface area contributed by atoms with Crippen LogP contribution in [0, 0.1) is 10.1 Å². The first-order valence-corrected chi connectivity index (χ1v) is 11.0. The summed E-state index contributed by atoms with van der Waals surface area (Å²) in [5, 5.41) is 27.1. The zero-order chi connectivity index (χ0) is 24.1. The molecule has 1 amide bonds. The summed E-state index contributed by atoms with van der Waals surface area (Å²) in [6.07, 6.45) is 1.47. The Morgan fingerprint density at radius 3 is 2.65 bits per heavy atom. The molecule has 3 aromatic carbocycles.